The lowest BCUT2D eigenvalue weighted by atomic mass is 9.91. The molecule has 7 heteroatoms. The van der Waals surface area contributed by atoms with Gasteiger partial charge in [-0.2, -0.15) is 9.40 Å². The van der Waals surface area contributed by atoms with Crippen LogP contribution in [-0.2, 0) is 29.3 Å². The summed E-state index contributed by atoms with van der Waals surface area (Å²) in [6, 6.07) is 7.93. The van der Waals surface area contributed by atoms with Crippen LogP contribution < -0.4 is 0 Å². The second-order valence-corrected chi connectivity index (χ2v) is 9.17. The lowest BCUT2D eigenvalue weighted by Crippen LogP contribution is -2.39. The van der Waals surface area contributed by atoms with Crippen LogP contribution >= 0.6 is 11.6 Å². The summed E-state index contributed by atoms with van der Waals surface area (Å²) in [6.45, 7) is 5.02. The van der Waals surface area contributed by atoms with Crippen molar-refractivity contribution >= 4 is 21.6 Å². The van der Waals surface area contributed by atoms with Crippen molar-refractivity contribution in [2.45, 2.75) is 50.8 Å². The fourth-order valence-corrected chi connectivity index (χ4v) is 5.70. The molecule has 0 spiro atoms. The predicted molar refractivity (Wildman–Crippen MR) is 104 cm³/mol. The molecule has 5 nitrogen and oxygen atoms in total. The van der Waals surface area contributed by atoms with Crippen molar-refractivity contribution in [3.63, 3.8) is 0 Å². The summed E-state index contributed by atoms with van der Waals surface area (Å²) in [5.41, 5.74) is 2.61. The van der Waals surface area contributed by atoms with E-state index in [1.807, 2.05) is 26.0 Å². The van der Waals surface area contributed by atoms with Crippen LogP contribution in [0.5, 0.6) is 0 Å². The Kier molecular flexibility index (Phi) is 6.05. The highest BCUT2D eigenvalue weighted by Gasteiger charge is 2.33. The van der Waals surface area contributed by atoms with Gasteiger partial charge in [-0.05, 0) is 55.7 Å². The molecule has 1 aliphatic rings. The molecular formula is C19H26ClN3O2S. The zero-order valence-electron chi connectivity index (χ0n) is 15.3. The maximum Gasteiger partial charge on any atom is 0.246 e. The Bertz CT molecular complexity index is 817. The highest BCUT2D eigenvalue weighted by Crippen LogP contribution is 2.29. The Balaban J connectivity index is 1.69. The minimum absolute atomic E-state index is 0.402. The molecule has 26 heavy (non-hydrogen) atoms. The third-order valence-electron chi connectivity index (χ3n) is 5.16. The molecule has 1 aromatic heterocycles. The first kappa shape index (κ1) is 19.4. The largest absolute Gasteiger partial charge is 0.281 e. The fraction of sp³-hybridized carbons (Fsp3) is 0.526. The number of halogens is 1. The highest BCUT2D eigenvalue weighted by atomic mass is 35.5. The molecule has 0 radical (unpaired) electrons. The molecule has 0 unspecified atom stereocenters. The van der Waals surface area contributed by atoms with Crippen molar-refractivity contribution in [2.75, 3.05) is 13.1 Å². The molecule has 3 rings (SSSR count). The number of nitrogens with zero attached hydrogens (tertiary/aromatic N) is 2. The number of piperidine rings is 1. The van der Waals surface area contributed by atoms with Gasteiger partial charge in [-0.15, -0.1) is 0 Å². The van der Waals surface area contributed by atoms with Crippen LogP contribution in [-0.4, -0.2) is 36.0 Å². The molecule has 1 aromatic carbocycles. The van der Waals surface area contributed by atoms with Gasteiger partial charge in [0, 0.05) is 18.1 Å². The van der Waals surface area contributed by atoms with E-state index in [9.17, 15) is 8.42 Å². The van der Waals surface area contributed by atoms with E-state index in [1.165, 1.54) is 5.56 Å². The monoisotopic (exact) mass is 395 g/mol. The van der Waals surface area contributed by atoms with Crippen molar-refractivity contribution < 1.29 is 8.42 Å². The second kappa shape index (κ2) is 8.11. The van der Waals surface area contributed by atoms with Crippen LogP contribution in [0.15, 0.2) is 29.2 Å². The van der Waals surface area contributed by atoms with E-state index in [4.69, 9.17) is 11.6 Å². The molecule has 0 atom stereocenters. The second-order valence-electron chi connectivity index (χ2n) is 6.86. The topological polar surface area (TPSA) is 66.1 Å². The van der Waals surface area contributed by atoms with Gasteiger partial charge in [-0.3, -0.25) is 5.10 Å². The third kappa shape index (κ3) is 3.97. The predicted octanol–water partition coefficient (Wildman–Crippen LogP) is 3.83. The molecule has 1 aliphatic heterocycles. The van der Waals surface area contributed by atoms with Gasteiger partial charge in [0.25, 0.3) is 0 Å². The van der Waals surface area contributed by atoms with Gasteiger partial charge in [0.2, 0.25) is 10.0 Å². The quantitative estimate of drug-likeness (QED) is 0.808. The standard InChI is InChI=1S/C19H26ClN3O2S/c1-3-17-19(18(4-2)22-21-17)26(24,25)23-11-9-15(10-12-23)13-14-5-7-16(20)8-6-14/h5-8,15H,3-4,9-13H2,1-2H3,(H,21,22). The summed E-state index contributed by atoms with van der Waals surface area (Å²) < 4.78 is 28.0. The van der Waals surface area contributed by atoms with Gasteiger partial charge in [0.15, 0.2) is 0 Å². The first-order valence-electron chi connectivity index (χ1n) is 9.26. The summed E-state index contributed by atoms with van der Waals surface area (Å²) in [7, 11) is -3.48. The van der Waals surface area contributed by atoms with E-state index in [1.54, 1.807) is 4.31 Å². The van der Waals surface area contributed by atoms with Gasteiger partial charge >= 0.3 is 0 Å². The van der Waals surface area contributed by atoms with E-state index in [0.717, 1.165) is 24.3 Å². The maximum atomic E-state index is 13.2. The average molecular weight is 396 g/mol. The Morgan fingerprint density at radius 1 is 1.15 bits per heavy atom. The summed E-state index contributed by atoms with van der Waals surface area (Å²) in [5, 5.41) is 7.85. The smallest absolute Gasteiger partial charge is 0.246 e. The lowest BCUT2D eigenvalue weighted by Gasteiger charge is -2.31. The molecule has 0 aliphatic carbocycles. The van der Waals surface area contributed by atoms with E-state index < -0.39 is 10.0 Å². The van der Waals surface area contributed by atoms with E-state index in [-0.39, 0.29) is 0 Å². The third-order valence-corrected chi connectivity index (χ3v) is 7.45. The molecule has 0 bridgehead atoms. The van der Waals surface area contributed by atoms with Crippen molar-refractivity contribution in [2.24, 2.45) is 5.92 Å². The Morgan fingerprint density at radius 3 is 2.38 bits per heavy atom. The lowest BCUT2D eigenvalue weighted by molar-refractivity contribution is 0.272. The molecule has 1 N–H and O–H groups in total. The maximum absolute atomic E-state index is 13.2. The summed E-state index contributed by atoms with van der Waals surface area (Å²) >= 11 is 5.94. The van der Waals surface area contributed by atoms with Gasteiger partial charge in [0.1, 0.15) is 4.90 Å². The summed E-state index contributed by atoms with van der Waals surface area (Å²) in [6.07, 6.45) is 3.97. The molecular weight excluding hydrogens is 370 g/mol. The molecule has 1 saturated heterocycles. The van der Waals surface area contributed by atoms with Crippen molar-refractivity contribution in [1.82, 2.24) is 14.5 Å². The molecule has 0 amide bonds. The van der Waals surface area contributed by atoms with Crippen molar-refractivity contribution in [1.29, 1.82) is 0 Å². The number of sulfonamides is 1. The Labute approximate surface area is 160 Å². The number of aromatic nitrogens is 2. The zero-order valence-corrected chi connectivity index (χ0v) is 16.9. The molecule has 1 fully saturated rings. The SMILES string of the molecule is CCc1n[nH]c(CC)c1S(=O)(=O)N1CCC(Cc2ccc(Cl)cc2)CC1. The van der Waals surface area contributed by atoms with Crippen LogP contribution in [0.1, 0.15) is 43.6 Å². The molecule has 142 valence electrons. The van der Waals surface area contributed by atoms with Gasteiger partial charge < -0.3 is 0 Å². The Hall–Kier alpha value is -1.37. The minimum atomic E-state index is -3.48. The van der Waals surface area contributed by atoms with E-state index in [2.05, 4.69) is 22.3 Å². The molecule has 0 saturated carbocycles. The van der Waals surface area contributed by atoms with Gasteiger partial charge in [-0.1, -0.05) is 37.6 Å². The van der Waals surface area contributed by atoms with Crippen LogP contribution in [0.3, 0.4) is 0 Å². The van der Waals surface area contributed by atoms with E-state index >= 15 is 0 Å². The summed E-state index contributed by atoms with van der Waals surface area (Å²) in [4.78, 5) is 0.402. The number of nitrogens with one attached hydrogen (secondary N) is 1. The zero-order chi connectivity index (χ0) is 18.7. The van der Waals surface area contributed by atoms with Crippen LogP contribution in [0.4, 0.5) is 0 Å². The normalized spacial score (nSPS) is 16.9. The van der Waals surface area contributed by atoms with Crippen molar-refractivity contribution in [3.05, 3.63) is 46.2 Å². The minimum Gasteiger partial charge on any atom is -0.281 e. The first-order chi connectivity index (χ1) is 12.5. The fourth-order valence-electron chi connectivity index (χ4n) is 3.63. The number of rotatable bonds is 6. The van der Waals surface area contributed by atoms with Crippen LogP contribution in [0.2, 0.25) is 5.02 Å². The summed E-state index contributed by atoms with van der Waals surface area (Å²) in [5.74, 6) is 0.503. The Morgan fingerprint density at radius 2 is 1.81 bits per heavy atom. The van der Waals surface area contributed by atoms with Gasteiger partial charge in [-0.25, -0.2) is 8.42 Å². The number of hydrogen-bond acceptors (Lipinski definition) is 3. The number of aromatic amines is 1. The average Bonchev–Trinajstić information content (AvgIpc) is 3.08. The number of hydrogen-bond donors (Lipinski definition) is 1. The highest BCUT2D eigenvalue weighted by molar-refractivity contribution is 7.89. The molecule has 2 heterocycles. The number of aryl methyl sites for hydroxylation is 2. The van der Waals surface area contributed by atoms with E-state index in [0.29, 0.717) is 48.1 Å². The van der Waals surface area contributed by atoms with Crippen LogP contribution in [0, 0.1) is 5.92 Å². The first-order valence-corrected chi connectivity index (χ1v) is 11.1. The van der Waals surface area contributed by atoms with Crippen LogP contribution in [0.25, 0.3) is 0 Å². The number of H-pyrrole nitrogens is 1. The number of benzene rings is 1. The van der Waals surface area contributed by atoms with Crippen molar-refractivity contribution in [3.8, 4) is 0 Å². The molecule has 2 aromatic rings. The van der Waals surface area contributed by atoms with Gasteiger partial charge in [0.05, 0.1) is 11.4 Å².